The van der Waals surface area contributed by atoms with E-state index in [0.29, 0.717) is 24.9 Å². The third-order valence-corrected chi connectivity index (χ3v) is 5.17. The number of ether oxygens (including phenoxy) is 1. The summed E-state index contributed by atoms with van der Waals surface area (Å²) >= 11 is 0. The molecule has 3 rings (SSSR count). The van der Waals surface area contributed by atoms with Gasteiger partial charge >= 0.3 is 6.18 Å². The highest BCUT2D eigenvalue weighted by atomic mass is 19.4. The quantitative estimate of drug-likeness (QED) is 0.922. The first-order valence-electron chi connectivity index (χ1n) is 8.01. The number of benzene rings is 1. The van der Waals surface area contributed by atoms with Crippen LogP contribution >= 0.6 is 0 Å². The van der Waals surface area contributed by atoms with E-state index in [0.717, 1.165) is 18.4 Å². The van der Waals surface area contributed by atoms with Crippen molar-refractivity contribution in [2.75, 3.05) is 13.7 Å². The molecular formula is C17H22F3NO2. The van der Waals surface area contributed by atoms with Crippen molar-refractivity contribution < 1.29 is 23.0 Å². The SMILES string of the molecule is CN1C2CCCC1CC(O)(c1ccc(OCC(F)(F)F)cc1)C2. The van der Waals surface area contributed by atoms with E-state index in [2.05, 4.69) is 11.9 Å². The van der Waals surface area contributed by atoms with E-state index in [9.17, 15) is 18.3 Å². The van der Waals surface area contributed by atoms with Crippen LogP contribution in [0.2, 0.25) is 0 Å². The Balaban J connectivity index is 1.71. The summed E-state index contributed by atoms with van der Waals surface area (Å²) in [6.45, 7) is -1.30. The average Bonchev–Trinajstić information content (AvgIpc) is 2.47. The molecule has 0 amide bonds. The molecule has 1 N–H and O–H groups in total. The Kier molecular flexibility index (Phi) is 4.31. The molecule has 0 saturated carbocycles. The van der Waals surface area contributed by atoms with Gasteiger partial charge in [-0.1, -0.05) is 18.6 Å². The van der Waals surface area contributed by atoms with Crippen LogP contribution in [0.4, 0.5) is 13.2 Å². The molecule has 2 saturated heterocycles. The zero-order chi connectivity index (χ0) is 16.7. The molecule has 23 heavy (non-hydrogen) atoms. The maximum absolute atomic E-state index is 12.2. The highest BCUT2D eigenvalue weighted by Crippen LogP contribution is 2.43. The summed E-state index contributed by atoms with van der Waals surface area (Å²) in [4.78, 5) is 2.36. The lowest BCUT2D eigenvalue weighted by Gasteiger charge is -2.50. The van der Waals surface area contributed by atoms with E-state index in [-0.39, 0.29) is 5.75 Å². The first-order valence-corrected chi connectivity index (χ1v) is 8.01. The lowest BCUT2D eigenvalue weighted by molar-refractivity contribution is -0.153. The van der Waals surface area contributed by atoms with Crippen LogP contribution < -0.4 is 4.74 Å². The van der Waals surface area contributed by atoms with E-state index < -0.39 is 18.4 Å². The van der Waals surface area contributed by atoms with E-state index in [1.165, 1.54) is 18.6 Å². The molecule has 2 unspecified atom stereocenters. The van der Waals surface area contributed by atoms with Gasteiger partial charge in [0.2, 0.25) is 0 Å². The Labute approximate surface area is 134 Å². The predicted molar refractivity (Wildman–Crippen MR) is 80.3 cm³/mol. The van der Waals surface area contributed by atoms with Crippen molar-refractivity contribution in [1.29, 1.82) is 0 Å². The zero-order valence-corrected chi connectivity index (χ0v) is 13.1. The predicted octanol–water partition coefficient (Wildman–Crippen LogP) is 3.46. The molecule has 2 bridgehead atoms. The normalized spacial score (nSPS) is 31.9. The molecule has 2 heterocycles. The Morgan fingerprint density at radius 3 is 2.26 bits per heavy atom. The van der Waals surface area contributed by atoms with Crippen LogP contribution in [0.3, 0.4) is 0 Å². The monoisotopic (exact) mass is 329 g/mol. The minimum atomic E-state index is -4.34. The molecule has 2 fully saturated rings. The Morgan fingerprint density at radius 1 is 1.17 bits per heavy atom. The van der Waals surface area contributed by atoms with E-state index >= 15 is 0 Å². The van der Waals surface area contributed by atoms with Crippen molar-refractivity contribution in [2.45, 2.75) is 56.0 Å². The first-order chi connectivity index (χ1) is 10.8. The van der Waals surface area contributed by atoms with Crippen LogP contribution in [0.1, 0.15) is 37.7 Å². The van der Waals surface area contributed by atoms with Gasteiger partial charge in [0.1, 0.15) is 5.75 Å². The number of piperidine rings is 2. The molecule has 2 atom stereocenters. The number of rotatable bonds is 3. The number of alkyl halides is 3. The summed E-state index contributed by atoms with van der Waals surface area (Å²) in [6, 6.07) is 7.13. The van der Waals surface area contributed by atoms with Crippen LogP contribution in [0.25, 0.3) is 0 Å². The Hall–Kier alpha value is -1.27. The van der Waals surface area contributed by atoms with Crippen LogP contribution in [0.5, 0.6) is 5.75 Å². The molecule has 6 heteroatoms. The molecule has 0 radical (unpaired) electrons. The first kappa shape index (κ1) is 16.6. The van der Waals surface area contributed by atoms with Crippen LogP contribution in [0, 0.1) is 0 Å². The van der Waals surface area contributed by atoms with Crippen LogP contribution in [-0.4, -0.2) is 41.9 Å². The number of hydrogen-bond acceptors (Lipinski definition) is 3. The van der Waals surface area contributed by atoms with Gasteiger partial charge in [-0.25, -0.2) is 0 Å². The van der Waals surface area contributed by atoms with Crippen LogP contribution in [-0.2, 0) is 5.60 Å². The van der Waals surface area contributed by atoms with Gasteiger partial charge in [0.15, 0.2) is 6.61 Å². The van der Waals surface area contributed by atoms with Gasteiger partial charge in [-0.3, -0.25) is 0 Å². The van der Waals surface area contributed by atoms with E-state index in [4.69, 9.17) is 4.74 Å². The number of fused-ring (bicyclic) bond motifs is 2. The minimum Gasteiger partial charge on any atom is -0.484 e. The summed E-state index contributed by atoms with van der Waals surface area (Å²) in [5.74, 6) is 0.169. The fourth-order valence-electron chi connectivity index (χ4n) is 3.91. The lowest BCUT2D eigenvalue weighted by atomic mass is 9.73. The Bertz CT molecular complexity index is 530. The van der Waals surface area contributed by atoms with Crippen molar-refractivity contribution in [3.05, 3.63) is 29.8 Å². The summed E-state index contributed by atoms with van der Waals surface area (Å²) in [5.41, 5.74) is -0.132. The summed E-state index contributed by atoms with van der Waals surface area (Å²) in [5, 5.41) is 11.1. The third kappa shape index (κ3) is 3.63. The fourth-order valence-corrected chi connectivity index (χ4v) is 3.91. The highest BCUT2D eigenvalue weighted by Gasteiger charge is 2.44. The number of nitrogens with zero attached hydrogens (tertiary/aromatic N) is 1. The second-order valence-electron chi connectivity index (χ2n) is 6.77. The van der Waals surface area contributed by atoms with Gasteiger partial charge in [-0.05, 0) is 50.4 Å². The maximum atomic E-state index is 12.2. The van der Waals surface area contributed by atoms with E-state index in [1.54, 1.807) is 12.1 Å². The standard InChI is InChI=1S/C17H22F3NO2/c1-21-13-3-2-4-14(21)10-16(22,9-13)12-5-7-15(8-6-12)23-11-17(18,19)20/h5-8,13-14,22H,2-4,9-11H2,1H3. The van der Waals surface area contributed by atoms with Crippen molar-refractivity contribution in [3.63, 3.8) is 0 Å². The molecule has 2 aliphatic heterocycles. The topological polar surface area (TPSA) is 32.7 Å². The maximum Gasteiger partial charge on any atom is 0.422 e. The molecule has 0 aromatic heterocycles. The van der Waals surface area contributed by atoms with Gasteiger partial charge in [-0.2, -0.15) is 13.2 Å². The smallest absolute Gasteiger partial charge is 0.422 e. The van der Waals surface area contributed by atoms with Crippen LogP contribution in [0.15, 0.2) is 24.3 Å². The van der Waals surface area contributed by atoms with Gasteiger partial charge in [0.05, 0.1) is 5.60 Å². The molecular weight excluding hydrogens is 307 g/mol. The van der Waals surface area contributed by atoms with Crippen molar-refractivity contribution in [2.24, 2.45) is 0 Å². The van der Waals surface area contributed by atoms with Gasteiger partial charge < -0.3 is 14.7 Å². The zero-order valence-electron chi connectivity index (χ0n) is 13.1. The van der Waals surface area contributed by atoms with Crippen molar-refractivity contribution in [3.8, 4) is 5.75 Å². The van der Waals surface area contributed by atoms with Crippen molar-refractivity contribution >= 4 is 0 Å². The summed E-state index contributed by atoms with van der Waals surface area (Å²) in [7, 11) is 2.11. The van der Waals surface area contributed by atoms with Gasteiger partial charge in [0, 0.05) is 12.1 Å². The van der Waals surface area contributed by atoms with Crippen molar-refractivity contribution in [1.82, 2.24) is 4.90 Å². The lowest BCUT2D eigenvalue weighted by Crippen LogP contribution is -2.55. The number of aliphatic hydroxyl groups is 1. The average molecular weight is 329 g/mol. The number of halogens is 3. The second-order valence-corrected chi connectivity index (χ2v) is 6.77. The molecule has 3 nitrogen and oxygen atoms in total. The largest absolute Gasteiger partial charge is 0.484 e. The van der Waals surface area contributed by atoms with Gasteiger partial charge in [-0.15, -0.1) is 0 Å². The van der Waals surface area contributed by atoms with Gasteiger partial charge in [0.25, 0.3) is 0 Å². The second kappa shape index (κ2) is 5.98. The third-order valence-electron chi connectivity index (χ3n) is 5.17. The summed E-state index contributed by atoms with van der Waals surface area (Å²) < 4.78 is 41.2. The highest BCUT2D eigenvalue weighted by molar-refractivity contribution is 5.32. The molecule has 0 aliphatic carbocycles. The number of hydrogen-bond donors (Lipinski definition) is 1. The Morgan fingerprint density at radius 2 is 1.74 bits per heavy atom. The molecule has 1 aromatic carbocycles. The summed E-state index contributed by atoms with van der Waals surface area (Å²) in [6.07, 6.45) is 0.359. The fraction of sp³-hybridized carbons (Fsp3) is 0.647. The molecule has 0 spiro atoms. The molecule has 1 aromatic rings. The molecule has 2 aliphatic rings. The molecule has 128 valence electrons. The minimum absolute atomic E-state index is 0.169. The van der Waals surface area contributed by atoms with E-state index in [1.807, 2.05) is 0 Å².